The molecule has 1 atom stereocenters. The van der Waals surface area contributed by atoms with Crippen LogP contribution in [0.2, 0.25) is 0 Å². The quantitative estimate of drug-likeness (QED) is 0.523. The molecule has 0 fully saturated rings. The van der Waals surface area contributed by atoms with Gasteiger partial charge < -0.3 is 15.3 Å². The lowest BCUT2D eigenvalue weighted by molar-refractivity contribution is -0.402. The molecule has 3 N–H and O–H groups in total. The molecule has 1 heterocycles. The van der Waals surface area contributed by atoms with Crippen LogP contribution >= 0.6 is 0 Å². The van der Waals surface area contributed by atoms with Gasteiger partial charge in [-0.15, -0.1) is 0 Å². The average molecular weight is 186 g/mol. The lowest BCUT2D eigenvalue weighted by Crippen LogP contribution is -2.36. The van der Waals surface area contributed by atoms with Crippen molar-refractivity contribution < 1.29 is 14.4 Å². The van der Waals surface area contributed by atoms with E-state index in [1.165, 1.54) is 19.1 Å². The molecule has 0 spiro atoms. The minimum atomic E-state index is -1.08. The van der Waals surface area contributed by atoms with Gasteiger partial charge >= 0.3 is 5.88 Å². The molecule has 1 aromatic rings. The molecule has 0 aliphatic carbocycles. The number of nitro groups is 1. The highest BCUT2D eigenvalue weighted by molar-refractivity contribution is 5.22. The van der Waals surface area contributed by atoms with Crippen LogP contribution in [0.4, 0.5) is 5.88 Å². The van der Waals surface area contributed by atoms with Crippen molar-refractivity contribution in [3.8, 4) is 0 Å². The summed E-state index contributed by atoms with van der Waals surface area (Å²) in [5, 5.41) is 19.1. The minimum Gasteiger partial charge on any atom is -0.404 e. The van der Waals surface area contributed by atoms with Crippen LogP contribution in [0, 0.1) is 10.1 Å². The molecule has 6 heteroatoms. The van der Waals surface area contributed by atoms with Crippen molar-refractivity contribution in [3.05, 3.63) is 28.0 Å². The number of aliphatic hydroxyl groups excluding tert-OH is 1. The van der Waals surface area contributed by atoms with Crippen LogP contribution in [0.1, 0.15) is 12.7 Å². The molecule has 0 aliphatic rings. The number of nitrogens with two attached hydrogens (primary N) is 1. The first-order valence-corrected chi connectivity index (χ1v) is 3.62. The maximum Gasteiger partial charge on any atom is 0.433 e. The van der Waals surface area contributed by atoms with Gasteiger partial charge in [-0.25, -0.2) is 0 Å². The summed E-state index contributed by atoms with van der Waals surface area (Å²) >= 11 is 0. The normalized spacial score (nSPS) is 15.3. The molecule has 0 amide bonds. The number of furan rings is 1. The first-order chi connectivity index (χ1) is 5.97. The monoisotopic (exact) mass is 186 g/mol. The zero-order valence-corrected chi connectivity index (χ0v) is 7.06. The second-order valence-electron chi connectivity index (χ2n) is 2.97. The van der Waals surface area contributed by atoms with Gasteiger partial charge in [0.15, 0.2) is 0 Å². The van der Waals surface area contributed by atoms with Crippen molar-refractivity contribution in [1.82, 2.24) is 0 Å². The molecule has 0 saturated carbocycles. The Morgan fingerprint density at radius 3 is 2.77 bits per heavy atom. The van der Waals surface area contributed by atoms with E-state index in [2.05, 4.69) is 0 Å². The van der Waals surface area contributed by atoms with Gasteiger partial charge in [0.2, 0.25) is 0 Å². The predicted octanol–water partition coefficient (Wildman–Crippen LogP) is 0.354. The Morgan fingerprint density at radius 2 is 2.38 bits per heavy atom. The molecular weight excluding hydrogens is 176 g/mol. The van der Waals surface area contributed by atoms with E-state index in [1.807, 2.05) is 0 Å². The molecule has 0 saturated heterocycles. The smallest absolute Gasteiger partial charge is 0.404 e. The first-order valence-electron chi connectivity index (χ1n) is 3.62. The summed E-state index contributed by atoms with van der Waals surface area (Å²) in [7, 11) is 0. The fourth-order valence-electron chi connectivity index (χ4n) is 0.811. The van der Waals surface area contributed by atoms with Gasteiger partial charge in [0.1, 0.15) is 10.7 Å². The van der Waals surface area contributed by atoms with Crippen LogP contribution in [-0.4, -0.2) is 16.6 Å². The minimum absolute atomic E-state index is 0.196. The topological polar surface area (TPSA) is 103 Å². The molecule has 0 aliphatic heterocycles. The van der Waals surface area contributed by atoms with Crippen molar-refractivity contribution in [1.29, 1.82) is 0 Å². The molecule has 1 rings (SSSR count). The van der Waals surface area contributed by atoms with Gasteiger partial charge in [-0.05, 0) is 13.0 Å². The molecular formula is C7H10N2O4. The van der Waals surface area contributed by atoms with Crippen LogP contribution in [-0.2, 0) is 5.54 Å². The first kappa shape index (κ1) is 9.69. The van der Waals surface area contributed by atoms with E-state index in [0.29, 0.717) is 0 Å². The van der Waals surface area contributed by atoms with Crippen LogP contribution in [0.15, 0.2) is 16.5 Å². The highest BCUT2D eigenvalue weighted by atomic mass is 16.6. The SMILES string of the molecule is CC(N)(CO)c1ccc([N+](=O)[O-])o1. The lowest BCUT2D eigenvalue weighted by atomic mass is 10.0. The maximum absolute atomic E-state index is 10.2. The Labute approximate surface area is 74.1 Å². The van der Waals surface area contributed by atoms with Crippen molar-refractivity contribution in [3.63, 3.8) is 0 Å². The summed E-state index contributed by atoms with van der Waals surface area (Å²) in [5.74, 6) is -0.179. The third kappa shape index (κ3) is 1.85. The molecule has 6 nitrogen and oxygen atoms in total. The molecule has 0 radical (unpaired) electrons. The van der Waals surface area contributed by atoms with E-state index in [9.17, 15) is 10.1 Å². The second kappa shape index (κ2) is 3.15. The summed E-state index contributed by atoms with van der Waals surface area (Å²) < 4.78 is 4.82. The van der Waals surface area contributed by atoms with Crippen LogP contribution in [0.5, 0.6) is 0 Å². The lowest BCUT2D eigenvalue weighted by Gasteiger charge is -2.17. The van der Waals surface area contributed by atoms with Gasteiger partial charge in [0.25, 0.3) is 0 Å². The fraction of sp³-hybridized carbons (Fsp3) is 0.429. The predicted molar refractivity (Wildman–Crippen MR) is 44.0 cm³/mol. The van der Waals surface area contributed by atoms with Gasteiger partial charge in [0, 0.05) is 0 Å². The number of hydrogen-bond donors (Lipinski definition) is 2. The van der Waals surface area contributed by atoms with Crippen molar-refractivity contribution in [2.45, 2.75) is 12.5 Å². The van der Waals surface area contributed by atoms with E-state index in [4.69, 9.17) is 15.3 Å². The van der Waals surface area contributed by atoms with Gasteiger partial charge in [-0.3, -0.25) is 10.1 Å². The highest BCUT2D eigenvalue weighted by Gasteiger charge is 2.26. The largest absolute Gasteiger partial charge is 0.433 e. The Morgan fingerprint density at radius 1 is 1.77 bits per heavy atom. The van der Waals surface area contributed by atoms with E-state index < -0.39 is 10.5 Å². The van der Waals surface area contributed by atoms with Crippen LogP contribution < -0.4 is 5.73 Å². The summed E-state index contributed by atoms with van der Waals surface area (Å²) in [5.41, 5.74) is 4.51. The Balaban J connectivity index is 2.98. The van der Waals surface area contributed by atoms with E-state index in [-0.39, 0.29) is 18.3 Å². The Kier molecular flexibility index (Phi) is 2.35. The highest BCUT2D eigenvalue weighted by Crippen LogP contribution is 2.23. The van der Waals surface area contributed by atoms with E-state index in [0.717, 1.165) is 0 Å². The zero-order valence-electron chi connectivity index (χ0n) is 7.06. The maximum atomic E-state index is 10.2. The van der Waals surface area contributed by atoms with Crippen LogP contribution in [0.25, 0.3) is 0 Å². The molecule has 72 valence electrons. The number of rotatable bonds is 3. The van der Waals surface area contributed by atoms with Gasteiger partial charge in [0.05, 0.1) is 18.2 Å². The van der Waals surface area contributed by atoms with Gasteiger partial charge in [-0.2, -0.15) is 0 Å². The number of hydrogen-bond acceptors (Lipinski definition) is 5. The molecule has 1 aromatic heterocycles. The molecule has 13 heavy (non-hydrogen) atoms. The molecule has 0 bridgehead atoms. The summed E-state index contributed by atoms with van der Waals surface area (Å²) in [6.07, 6.45) is 0. The van der Waals surface area contributed by atoms with Gasteiger partial charge in [-0.1, -0.05) is 0 Å². The number of aliphatic hydroxyl groups is 1. The second-order valence-corrected chi connectivity index (χ2v) is 2.97. The standard InChI is InChI=1S/C7H10N2O4/c1-7(8,4-10)5-2-3-6(13-5)9(11)12/h2-3,10H,4,8H2,1H3. The van der Waals surface area contributed by atoms with E-state index in [1.54, 1.807) is 0 Å². The Bertz CT molecular complexity index is 318. The number of nitrogens with zero attached hydrogens (tertiary/aromatic N) is 1. The summed E-state index contributed by atoms with van der Waals surface area (Å²) in [4.78, 5) is 9.58. The Hall–Kier alpha value is -1.40. The zero-order chi connectivity index (χ0) is 10.1. The third-order valence-corrected chi connectivity index (χ3v) is 1.66. The summed E-state index contributed by atoms with van der Waals surface area (Å²) in [6, 6.07) is 2.59. The molecule has 0 aromatic carbocycles. The fourth-order valence-corrected chi connectivity index (χ4v) is 0.811. The van der Waals surface area contributed by atoms with Crippen molar-refractivity contribution >= 4 is 5.88 Å². The average Bonchev–Trinajstić information content (AvgIpc) is 2.52. The third-order valence-electron chi connectivity index (χ3n) is 1.66. The van der Waals surface area contributed by atoms with Crippen molar-refractivity contribution in [2.75, 3.05) is 6.61 Å². The molecule has 1 unspecified atom stereocenters. The van der Waals surface area contributed by atoms with Crippen molar-refractivity contribution in [2.24, 2.45) is 5.73 Å². The van der Waals surface area contributed by atoms with Crippen LogP contribution in [0.3, 0.4) is 0 Å². The summed E-state index contributed by atoms with van der Waals surface area (Å²) in [6.45, 7) is 1.19. The van der Waals surface area contributed by atoms with E-state index >= 15 is 0 Å².